The van der Waals surface area contributed by atoms with Crippen LogP contribution in [0.2, 0.25) is 5.02 Å². The van der Waals surface area contributed by atoms with E-state index in [-0.39, 0.29) is 13.2 Å². The van der Waals surface area contributed by atoms with Gasteiger partial charge in [-0.1, -0.05) is 61.5 Å². The maximum absolute atomic E-state index is 8.82. The van der Waals surface area contributed by atoms with Gasteiger partial charge in [-0.3, -0.25) is 0 Å². The zero-order valence-corrected chi connectivity index (χ0v) is 15.3. The summed E-state index contributed by atoms with van der Waals surface area (Å²) in [7, 11) is 0. The number of hydrogen-bond donors (Lipinski definition) is 2. The van der Waals surface area contributed by atoms with Crippen LogP contribution in [-0.2, 0) is 5.75 Å². The first-order valence-corrected chi connectivity index (χ1v) is 9.23. The molecule has 1 heterocycles. The van der Waals surface area contributed by atoms with Crippen LogP contribution in [-0.4, -0.2) is 28.3 Å². The van der Waals surface area contributed by atoms with Gasteiger partial charge in [0.2, 0.25) is 0 Å². The van der Waals surface area contributed by atoms with Crippen LogP contribution in [0.1, 0.15) is 19.4 Å². The topological polar surface area (TPSA) is 58.1 Å². The predicted octanol–water partition coefficient (Wildman–Crippen LogP) is 4.91. The molecule has 0 saturated heterocycles. The largest absolute Gasteiger partial charge is 0.490 e. The Morgan fingerprint density at radius 2 is 1.96 bits per heavy atom. The molecular formula is C18H21ClN2O2S. The van der Waals surface area contributed by atoms with E-state index in [0.29, 0.717) is 16.5 Å². The monoisotopic (exact) mass is 364 g/mol. The van der Waals surface area contributed by atoms with Crippen LogP contribution in [0.25, 0.3) is 11.0 Å². The van der Waals surface area contributed by atoms with Crippen molar-refractivity contribution >= 4 is 34.4 Å². The predicted molar refractivity (Wildman–Crippen MR) is 101 cm³/mol. The average molecular weight is 365 g/mol. The lowest BCUT2D eigenvalue weighted by atomic mass is 10.2. The number of aliphatic hydroxyl groups is 1. The second kappa shape index (κ2) is 9.57. The number of nitrogens with one attached hydrogen (secondary N) is 1. The molecule has 2 aromatic carbocycles. The Hall–Kier alpha value is -1.69. The Bertz CT molecular complexity index is 744. The molecule has 0 fully saturated rings. The first-order chi connectivity index (χ1) is 11.8. The van der Waals surface area contributed by atoms with E-state index in [1.54, 1.807) is 17.8 Å². The molecule has 0 atom stereocenters. The number of rotatable bonds is 6. The second-order valence-electron chi connectivity index (χ2n) is 4.65. The van der Waals surface area contributed by atoms with Gasteiger partial charge in [0.1, 0.15) is 12.4 Å². The molecule has 0 aliphatic heterocycles. The number of imidazole rings is 1. The van der Waals surface area contributed by atoms with Gasteiger partial charge < -0.3 is 14.8 Å². The number of benzene rings is 2. The minimum absolute atomic E-state index is 0.0334. The molecule has 4 nitrogen and oxygen atoms in total. The highest BCUT2D eigenvalue weighted by Gasteiger charge is 2.09. The van der Waals surface area contributed by atoms with Crippen molar-refractivity contribution in [2.75, 3.05) is 13.2 Å². The number of ether oxygens (including phenoxy) is 1. The van der Waals surface area contributed by atoms with Gasteiger partial charge in [-0.2, -0.15) is 0 Å². The van der Waals surface area contributed by atoms with E-state index < -0.39 is 0 Å². The summed E-state index contributed by atoms with van der Waals surface area (Å²) in [5.41, 5.74) is 2.95. The summed E-state index contributed by atoms with van der Waals surface area (Å²) in [5.74, 6) is 1.29. The van der Waals surface area contributed by atoms with Crippen molar-refractivity contribution in [2.45, 2.75) is 24.8 Å². The fraction of sp³-hybridized carbons (Fsp3) is 0.278. The lowest BCUT2D eigenvalue weighted by Crippen LogP contribution is -2.02. The van der Waals surface area contributed by atoms with E-state index >= 15 is 0 Å². The molecule has 2 N–H and O–H groups in total. The van der Waals surface area contributed by atoms with Crippen molar-refractivity contribution in [2.24, 2.45) is 0 Å². The number of aliphatic hydroxyl groups excluding tert-OH is 1. The summed E-state index contributed by atoms with van der Waals surface area (Å²) in [6.45, 7) is 4.20. The van der Waals surface area contributed by atoms with Crippen LogP contribution < -0.4 is 4.74 Å². The van der Waals surface area contributed by atoms with Crippen molar-refractivity contribution in [3.8, 4) is 5.75 Å². The molecule has 0 aliphatic rings. The fourth-order valence-electron chi connectivity index (χ4n) is 2.08. The SMILES string of the molecule is CC.OCCOc1cccc(CSc2nc3ccccc3[nH]2)c1Cl. The molecule has 0 amide bonds. The van der Waals surface area contributed by atoms with Crippen molar-refractivity contribution in [1.29, 1.82) is 0 Å². The lowest BCUT2D eigenvalue weighted by Gasteiger charge is -2.09. The van der Waals surface area contributed by atoms with Gasteiger partial charge in [0.15, 0.2) is 5.16 Å². The smallest absolute Gasteiger partial charge is 0.166 e. The molecule has 3 aromatic rings. The summed E-state index contributed by atoms with van der Waals surface area (Å²) < 4.78 is 5.41. The van der Waals surface area contributed by atoms with Gasteiger partial charge in [0.25, 0.3) is 0 Å². The molecule has 0 unspecified atom stereocenters. The third-order valence-electron chi connectivity index (χ3n) is 3.12. The highest BCUT2D eigenvalue weighted by molar-refractivity contribution is 7.98. The van der Waals surface area contributed by atoms with E-state index in [9.17, 15) is 0 Å². The third-order valence-corrected chi connectivity index (χ3v) is 4.48. The minimum Gasteiger partial charge on any atom is -0.490 e. The van der Waals surface area contributed by atoms with Gasteiger partial charge in [0, 0.05) is 5.75 Å². The Kier molecular flexibility index (Phi) is 7.43. The van der Waals surface area contributed by atoms with Gasteiger partial charge in [0.05, 0.1) is 22.7 Å². The third kappa shape index (κ3) is 4.66. The van der Waals surface area contributed by atoms with Crippen molar-refractivity contribution in [3.05, 3.63) is 53.1 Å². The number of thioether (sulfide) groups is 1. The summed E-state index contributed by atoms with van der Waals surface area (Å²) in [5, 5.41) is 10.3. The number of hydrogen-bond acceptors (Lipinski definition) is 4. The molecule has 0 aliphatic carbocycles. The van der Waals surface area contributed by atoms with Gasteiger partial charge >= 0.3 is 0 Å². The van der Waals surface area contributed by atoms with E-state index in [2.05, 4.69) is 9.97 Å². The highest BCUT2D eigenvalue weighted by Crippen LogP contribution is 2.32. The summed E-state index contributed by atoms with van der Waals surface area (Å²) in [6.07, 6.45) is 0. The van der Waals surface area contributed by atoms with E-state index in [1.807, 2.05) is 50.2 Å². The molecule has 24 heavy (non-hydrogen) atoms. The first kappa shape index (κ1) is 18.6. The molecule has 128 valence electrons. The highest BCUT2D eigenvalue weighted by atomic mass is 35.5. The summed E-state index contributed by atoms with van der Waals surface area (Å²) in [4.78, 5) is 7.81. The Balaban J connectivity index is 0.00000100. The van der Waals surface area contributed by atoms with Crippen LogP contribution in [0.4, 0.5) is 0 Å². The number of para-hydroxylation sites is 2. The number of aromatic nitrogens is 2. The normalized spacial score (nSPS) is 10.3. The van der Waals surface area contributed by atoms with Crippen LogP contribution in [0.15, 0.2) is 47.6 Å². The molecule has 1 aromatic heterocycles. The quantitative estimate of drug-likeness (QED) is 0.610. The van der Waals surface area contributed by atoms with E-state index in [0.717, 1.165) is 21.8 Å². The zero-order valence-electron chi connectivity index (χ0n) is 13.8. The first-order valence-electron chi connectivity index (χ1n) is 7.86. The molecular weight excluding hydrogens is 344 g/mol. The van der Waals surface area contributed by atoms with Crippen molar-refractivity contribution in [3.63, 3.8) is 0 Å². The van der Waals surface area contributed by atoms with Crippen molar-refractivity contribution in [1.82, 2.24) is 9.97 Å². The summed E-state index contributed by atoms with van der Waals surface area (Å²) >= 11 is 7.93. The fourth-order valence-corrected chi connectivity index (χ4v) is 3.28. The maximum Gasteiger partial charge on any atom is 0.166 e. The Labute approximate surface area is 151 Å². The second-order valence-corrected chi connectivity index (χ2v) is 5.99. The van der Waals surface area contributed by atoms with E-state index in [1.165, 1.54) is 0 Å². The number of nitrogens with zero attached hydrogens (tertiary/aromatic N) is 1. The van der Waals surface area contributed by atoms with Crippen LogP contribution >= 0.6 is 23.4 Å². The number of halogens is 1. The van der Waals surface area contributed by atoms with Crippen LogP contribution in [0, 0.1) is 0 Å². The van der Waals surface area contributed by atoms with Gasteiger partial charge in [-0.05, 0) is 23.8 Å². The zero-order chi connectivity index (χ0) is 17.4. The number of fused-ring (bicyclic) bond motifs is 1. The molecule has 0 spiro atoms. The van der Waals surface area contributed by atoms with Crippen LogP contribution in [0.3, 0.4) is 0 Å². The van der Waals surface area contributed by atoms with Crippen LogP contribution in [0.5, 0.6) is 5.75 Å². The average Bonchev–Trinajstić information content (AvgIpc) is 3.04. The molecule has 0 radical (unpaired) electrons. The van der Waals surface area contributed by atoms with E-state index in [4.69, 9.17) is 21.4 Å². The lowest BCUT2D eigenvalue weighted by molar-refractivity contribution is 0.201. The Morgan fingerprint density at radius 3 is 2.71 bits per heavy atom. The standard InChI is InChI=1S/C16H15ClN2O2S.C2H6/c17-15-11(4-3-7-14(15)21-9-8-20)10-22-16-18-12-5-1-2-6-13(12)19-16;1-2/h1-7,20H,8-10H2,(H,18,19);1-2H3. The maximum atomic E-state index is 8.82. The number of aromatic amines is 1. The number of H-pyrrole nitrogens is 1. The summed E-state index contributed by atoms with van der Waals surface area (Å²) in [6, 6.07) is 13.6. The minimum atomic E-state index is -0.0334. The van der Waals surface area contributed by atoms with Gasteiger partial charge in [-0.15, -0.1) is 0 Å². The molecule has 3 rings (SSSR count). The molecule has 0 bridgehead atoms. The Morgan fingerprint density at radius 1 is 1.17 bits per heavy atom. The molecule has 0 saturated carbocycles. The molecule has 6 heteroatoms. The van der Waals surface area contributed by atoms with Crippen molar-refractivity contribution < 1.29 is 9.84 Å². The van der Waals surface area contributed by atoms with Gasteiger partial charge in [-0.25, -0.2) is 4.98 Å².